The molecule has 1 aliphatic rings. The molecule has 19 heavy (non-hydrogen) atoms. The molecule has 1 aromatic rings. The van der Waals surface area contributed by atoms with Crippen LogP contribution in [-0.4, -0.2) is 11.2 Å². The highest BCUT2D eigenvalue weighted by Crippen LogP contribution is 2.38. The van der Waals surface area contributed by atoms with Gasteiger partial charge in [-0.3, -0.25) is 4.79 Å². The second-order valence-electron chi connectivity index (χ2n) is 4.83. The minimum Gasteiger partial charge on any atom is -0.292 e. The normalized spacial score (nSPS) is 23.6. The minimum absolute atomic E-state index is 0.0920. The Balaban J connectivity index is 2.45. The van der Waals surface area contributed by atoms with Crippen LogP contribution < -0.4 is 0 Å². The first-order valence-corrected chi connectivity index (χ1v) is 6.64. The highest BCUT2D eigenvalue weighted by Gasteiger charge is 2.42. The van der Waals surface area contributed by atoms with Gasteiger partial charge in [0.1, 0.15) is 10.8 Å². The number of hydrogen-bond acceptors (Lipinski definition) is 3. The van der Waals surface area contributed by atoms with Gasteiger partial charge in [-0.2, -0.15) is 10.5 Å². The molecule has 1 aromatic carbocycles. The maximum atomic E-state index is 12.7. The van der Waals surface area contributed by atoms with E-state index in [-0.39, 0.29) is 12.2 Å². The predicted molar refractivity (Wildman–Crippen MR) is 71.6 cm³/mol. The maximum absolute atomic E-state index is 12.7. The fourth-order valence-electron chi connectivity index (χ4n) is 2.61. The third-order valence-electron chi connectivity index (χ3n) is 3.63. The summed E-state index contributed by atoms with van der Waals surface area (Å²) in [4.78, 5) is 12.7. The largest absolute Gasteiger partial charge is 0.292 e. The van der Waals surface area contributed by atoms with E-state index in [1.54, 1.807) is 12.1 Å². The van der Waals surface area contributed by atoms with Crippen LogP contribution in [0.4, 0.5) is 0 Å². The average molecular weight is 273 g/mol. The van der Waals surface area contributed by atoms with Crippen molar-refractivity contribution in [2.24, 2.45) is 5.41 Å². The Kier molecular flexibility index (Phi) is 3.88. The van der Waals surface area contributed by atoms with E-state index in [2.05, 4.69) is 6.07 Å². The smallest absolute Gasteiger partial charge is 0.183 e. The number of alkyl halides is 1. The lowest BCUT2D eigenvalue weighted by Gasteiger charge is -2.23. The zero-order valence-corrected chi connectivity index (χ0v) is 11.2. The van der Waals surface area contributed by atoms with E-state index >= 15 is 0 Å². The van der Waals surface area contributed by atoms with Gasteiger partial charge in [0.05, 0.1) is 12.1 Å². The number of carbonyl (C=O) groups is 1. The molecule has 0 N–H and O–H groups in total. The summed E-state index contributed by atoms with van der Waals surface area (Å²) in [5.74, 6) is -0.191. The van der Waals surface area contributed by atoms with Gasteiger partial charge in [-0.1, -0.05) is 24.3 Å². The number of carbonyl (C=O) groups excluding carboxylic acids is 1. The Morgan fingerprint density at radius 2 is 2.11 bits per heavy atom. The number of rotatable bonds is 2. The van der Waals surface area contributed by atoms with Crippen molar-refractivity contribution in [1.82, 2.24) is 0 Å². The topological polar surface area (TPSA) is 64.7 Å². The van der Waals surface area contributed by atoms with Crippen LogP contribution in [0.5, 0.6) is 0 Å². The summed E-state index contributed by atoms with van der Waals surface area (Å²) in [6.07, 6.45) is 2.09. The molecule has 1 aliphatic carbocycles. The van der Waals surface area contributed by atoms with Crippen LogP contribution in [0.3, 0.4) is 0 Å². The molecule has 3 nitrogen and oxygen atoms in total. The lowest BCUT2D eigenvalue weighted by Crippen LogP contribution is -2.31. The molecule has 0 aromatic heterocycles. The van der Waals surface area contributed by atoms with Crippen LogP contribution in [0.25, 0.3) is 0 Å². The number of halogens is 1. The second-order valence-corrected chi connectivity index (χ2v) is 5.36. The van der Waals surface area contributed by atoms with Gasteiger partial charge >= 0.3 is 0 Å². The number of Topliss-reactive ketones (excluding diaryl/α,β-unsaturated/α-hetero) is 1. The van der Waals surface area contributed by atoms with Crippen molar-refractivity contribution in [2.75, 3.05) is 0 Å². The van der Waals surface area contributed by atoms with Crippen molar-refractivity contribution in [3.63, 3.8) is 0 Å². The molecule has 0 aliphatic heterocycles. The van der Waals surface area contributed by atoms with Gasteiger partial charge in [-0.25, -0.2) is 0 Å². The van der Waals surface area contributed by atoms with E-state index in [0.29, 0.717) is 12.0 Å². The summed E-state index contributed by atoms with van der Waals surface area (Å²) >= 11 is 5.85. The Morgan fingerprint density at radius 3 is 2.79 bits per heavy atom. The van der Waals surface area contributed by atoms with Gasteiger partial charge in [0, 0.05) is 12.0 Å². The number of nitriles is 2. The van der Waals surface area contributed by atoms with Crippen molar-refractivity contribution in [1.29, 1.82) is 10.5 Å². The lowest BCUT2D eigenvalue weighted by molar-refractivity contribution is 0.0844. The standard InChI is InChI=1S/C15H13ClN2O/c16-12(9-17)8-15(10-18)7-3-5-11-4-1-2-6-13(11)14(15)19/h1-2,4,6,12H,3,5,7-8H2/t12-,15-/m0/s1. The number of benzene rings is 1. The number of fused-ring (bicyclic) bond motifs is 1. The van der Waals surface area contributed by atoms with Gasteiger partial charge in [0.15, 0.2) is 5.78 Å². The molecule has 0 radical (unpaired) electrons. The molecule has 2 atom stereocenters. The van der Waals surface area contributed by atoms with Crippen molar-refractivity contribution in [3.05, 3.63) is 35.4 Å². The fraction of sp³-hybridized carbons (Fsp3) is 0.400. The van der Waals surface area contributed by atoms with Crippen LogP contribution in [0.1, 0.15) is 35.2 Å². The Labute approximate surface area is 117 Å². The monoisotopic (exact) mass is 272 g/mol. The van der Waals surface area contributed by atoms with E-state index < -0.39 is 10.8 Å². The molecular formula is C15H13ClN2O. The van der Waals surface area contributed by atoms with E-state index in [9.17, 15) is 10.1 Å². The first-order valence-electron chi connectivity index (χ1n) is 6.20. The van der Waals surface area contributed by atoms with Crippen molar-refractivity contribution in [3.8, 4) is 12.1 Å². The number of nitrogens with zero attached hydrogens (tertiary/aromatic N) is 2. The van der Waals surface area contributed by atoms with Crippen LogP contribution >= 0.6 is 11.6 Å². The molecule has 0 fully saturated rings. The molecule has 0 amide bonds. The predicted octanol–water partition coefficient (Wildman–Crippen LogP) is 3.24. The molecular weight excluding hydrogens is 260 g/mol. The molecule has 0 saturated carbocycles. The number of hydrogen-bond donors (Lipinski definition) is 0. The van der Waals surface area contributed by atoms with Crippen LogP contribution in [0.2, 0.25) is 0 Å². The van der Waals surface area contributed by atoms with Gasteiger partial charge < -0.3 is 0 Å². The summed E-state index contributed by atoms with van der Waals surface area (Å²) in [6, 6.07) is 11.4. The van der Waals surface area contributed by atoms with Crippen LogP contribution in [0.15, 0.2) is 24.3 Å². The number of ketones is 1. The lowest BCUT2D eigenvalue weighted by atomic mass is 9.75. The highest BCUT2D eigenvalue weighted by molar-refractivity contribution is 6.22. The second kappa shape index (κ2) is 5.43. The Hall–Kier alpha value is -1.84. The molecule has 0 unspecified atom stereocenters. The summed E-state index contributed by atoms with van der Waals surface area (Å²) in [5.41, 5.74) is 0.422. The molecule has 0 spiro atoms. The van der Waals surface area contributed by atoms with E-state index in [1.807, 2.05) is 18.2 Å². The number of aryl methyl sites for hydroxylation is 1. The first-order chi connectivity index (χ1) is 9.13. The van der Waals surface area contributed by atoms with Crippen molar-refractivity contribution >= 4 is 17.4 Å². The third kappa shape index (κ3) is 2.48. The van der Waals surface area contributed by atoms with Crippen LogP contribution in [0, 0.1) is 28.1 Å². The van der Waals surface area contributed by atoms with Gasteiger partial charge in [0.25, 0.3) is 0 Å². The summed E-state index contributed by atoms with van der Waals surface area (Å²) in [6.45, 7) is 0. The molecule has 0 saturated heterocycles. The molecule has 2 rings (SSSR count). The van der Waals surface area contributed by atoms with Crippen molar-refractivity contribution in [2.45, 2.75) is 31.1 Å². The van der Waals surface area contributed by atoms with Gasteiger partial charge in [0.2, 0.25) is 0 Å². The van der Waals surface area contributed by atoms with Gasteiger partial charge in [-0.15, -0.1) is 11.6 Å². The fourth-order valence-corrected chi connectivity index (χ4v) is 2.87. The van der Waals surface area contributed by atoms with E-state index in [0.717, 1.165) is 18.4 Å². The average Bonchev–Trinajstić information content (AvgIpc) is 2.58. The van der Waals surface area contributed by atoms with Gasteiger partial charge in [-0.05, 0) is 24.8 Å². The zero-order chi connectivity index (χ0) is 13.9. The minimum atomic E-state index is -1.16. The molecule has 0 bridgehead atoms. The molecule has 4 heteroatoms. The first kappa shape index (κ1) is 13.6. The SMILES string of the molecule is N#C[C@@H](Cl)C[C@]1(C#N)CCCc2ccccc2C1=O. The highest BCUT2D eigenvalue weighted by atomic mass is 35.5. The summed E-state index contributed by atoms with van der Waals surface area (Å²) in [7, 11) is 0. The van der Waals surface area contributed by atoms with E-state index in [1.165, 1.54) is 0 Å². The Morgan fingerprint density at radius 1 is 1.37 bits per heavy atom. The van der Waals surface area contributed by atoms with Crippen molar-refractivity contribution < 1.29 is 4.79 Å². The van der Waals surface area contributed by atoms with E-state index in [4.69, 9.17) is 16.9 Å². The quantitative estimate of drug-likeness (QED) is 0.613. The third-order valence-corrected chi connectivity index (χ3v) is 3.88. The molecule has 0 heterocycles. The van der Waals surface area contributed by atoms with Crippen LogP contribution in [-0.2, 0) is 6.42 Å². The summed E-state index contributed by atoms with van der Waals surface area (Å²) in [5, 5.41) is 17.5. The Bertz CT molecular complexity index is 585. The molecule has 96 valence electrons. The zero-order valence-electron chi connectivity index (χ0n) is 10.4. The maximum Gasteiger partial charge on any atom is 0.183 e. The summed E-state index contributed by atoms with van der Waals surface area (Å²) < 4.78 is 0.